The van der Waals surface area contributed by atoms with Gasteiger partial charge in [0.05, 0.1) is 10.9 Å². The molecule has 1 aliphatic rings. The van der Waals surface area contributed by atoms with E-state index in [1.165, 1.54) is 5.56 Å². The number of carbonyl (C=O) groups excluding carboxylic acids is 1. The standard InChI is InChI=1S/C32H33N3O2S2/c36-31(34-30(28-14-8-3-9-15-28)20-21-33-24-25-10-4-1-5-11-25)32-35(22-23-38-32)39(37)29-18-16-27(17-19-29)26-12-6-2-7-13-26/h1-19,30,32-33H,20-24H2,(H,34,36). The largest absolute Gasteiger partial charge is 0.347 e. The highest BCUT2D eigenvalue weighted by molar-refractivity contribution is 8.01. The molecule has 4 aromatic rings. The van der Waals surface area contributed by atoms with E-state index in [9.17, 15) is 9.00 Å². The first-order chi connectivity index (χ1) is 19.2. The number of nitrogens with one attached hydrogen (secondary N) is 2. The van der Waals surface area contributed by atoms with Crippen molar-refractivity contribution < 1.29 is 9.00 Å². The molecule has 1 fully saturated rings. The second kappa shape index (κ2) is 13.7. The molecule has 7 heteroatoms. The number of hydrogen-bond acceptors (Lipinski definition) is 4. The summed E-state index contributed by atoms with van der Waals surface area (Å²) in [6.45, 7) is 2.14. The molecule has 0 aliphatic carbocycles. The molecule has 3 unspecified atom stereocenters. The zero-order valence-electron chi connectivity index (χ0n) is 21.7. The molecule has 5 nitrogen and oxygen atoms in total. The van der Waals surface area contributed by atoms with E-state index < -0.39 is 16.4 Å². The van der Waals surface area contributed by atoms with Crippen LogP contribution in [-0.2, 0) is 22.3 Å². The Balaban J connectivity index is 1.23. The van der Waals surface area contributed by atoms with E-state index >= 15 is 0 Å². The van der Waals surface area contributed by atoms with Crippen molar-refractivity contribution in [2.45, 2.75) is 29.3 Å². The van der Waals surface area contributed by atoms with Crippen LogP contribution < -0.4 is 10.6 Å². The molecule has 4 aromatic carbocycles. The van der Waals surface area contributed by atoms with E-state index in [-0.39, 0.29) is 11.9 Å². The first-order valence-corrected chi connectivity index (χ1v) is 15.4. The highest BCUT2D eigenvalue weighted by Crippen LogP contribution is 2.30. The summed E-state index contributed by atoms with van der Waals surface area (Å²) in [4.78, 5) is 14.2. The van der Waals surface area contributed by atoms with Crippen molar-refractivity contribution >= 4 is 28.7 Å². The molecule has 39 heavy (non-hydrogen) atoms. The lowest BCUT2D eigenvalue weighted by molar-refractivity contribution is -0.122. The number of nitrogens with zero attached hydrogens (tertiary/aromatic N) is 1. The van der Waals surface area contributed by atoms with Gasteiger partial charge in [0, 0.05) is 18.8 Å². The normalized spacial score (nSPS) is 17.0. The number of carbonyl (C=O) groups is 1. The molecule has 1 aliphatic heterocycles. The molecule has 0 saturated carbocycles. The maximum absolute atomic E-state index is 13.5. The average molecular weight is 556 g/mol. The van der Waals surface area contributed by atoms with E-state index in [4.69, 9.17) is 0 Å². The second-order valence-corrected chi connectivity index (χ2v) is 12.1. The Morgan fingerprint density at radius 3 is 2.15 bits per heavy atom. The molecule has 1 amide bonds. The van der Waals surface area contributed by atoms with E-state index in [1.54, 1.807) is 11.8 Å². The van der Waals surface area contributed by atoms with E-state index in [2.05, 4.69) is 34.9 Å². The maximum Gasteiger partial charge on any atom is 0.249 e. The van der Waals surface area contributed by atoms with Crippen LogP contribution in [0.1, 0.15) is 23.6 Å². The van der Waals surface area contributed by atoms with Gasteiger partial charge in [0.15, 0.2) is 0 Å². The molecular formula is C32H33N3O2S2. The zero-order valence-corrected chi connectivity index (χ0v) is 23.4. The molecule has 0 radical (unpaired) electrons. The number of rotatable bonds is 11. The first kappa shape index (κ1) is 27.3. The Bertz CT molecular complexity index is 1350. The summed E-state index contributed by atoms with van der Waals surface area (Å²) in [7, 11) is -1.42. The van der Waals surface area contributed by atoms with Crippen LogP contribution in [0, 0.1) is 0 Å². The third kappa shape index (κ3) is 7.25. The van der Waals surface area contributed by atoms with Crippen LogP contribution in [0.15, 0.2) is 120 Å². The highest BCUT2D eigenvalue weighted by Gasteiger charge is 2.36. The van der Waals surface area contributed by atoms with Crippen molar-refractivity contribution in [3.8, 4) is 11.1 Å². The predicted octanol–water partition coefficient (Wildman–Crippen LogP) is 5.79. The third-order valence-electron chi connectivity index (χ3n) is 6.75. The number of hydrogen-bond donors (Lipinski definition) is 2. The lowest BCUT2D eigenvalue weighted by Crippen LogP contribution is -2.44. The molecule has 0 bridgehead atoms. The maximum atomic E-state index is 13.5. The van der Waals surface area contributed by atoms with Gasteiger partial charge in [-0.3, -0.25) is 4.79 Å². The molecule has 1 heterocycles. The SMILES string of the molecule is O=C(NC(CCNCc1ccccc1)c1ccccc1)C1SCCN1S(=O)c1ccc(-c2ccccc2)cc1. The third-order valence-corrected chi connectivity index (χ3v) is 9.58. The summed E-state index contributed by atoms with van der Waals surface area (Å²) in [5.41, 5.74) is 4.50. The van der Waals surface area contributed by atoms with Crippen LogP contribution in [0.5, 0.6) is 0 Å². The zero-order chi connectivity index (χ0) is 26.9. The number of thioether (sulfide) groups is 1. The van der Waals surface area contributed by atoms with Gasteiger partial charge >= 0.3 is 0 Å². The Morgan fingerprint density at radius 1 is 0.846 bits per heavy atom. The fourth-order valence-corrected chi connectivity index (χ4v) is 7.40. The van der Waals surface area contributed by atoms with Gasteiger partial charge in [0.2, 0.25) is 5.91 Å². The van der Waals surface area contributed by atoms with Crippen LogP contribution in [0.25, 0.3) is 11.1 Å². The summed E-state index contributed by atoms with van der Waals surface area (Å²) in [6.07, 6.45) is 0.754. The second-order valence-electron chi connectivity index (χ2n) is 9.43. The van der Waals surface area contributed by atoms with Gasteiger partial charge in [-0.2, -0.15) is 4.31 Å². The van der Waals surface area contributed by atoms with Crippen molar-refractivity contribution in [3.63, 3.8) is 0 Å². The van der Waals surface area contributed by atoms with Crippen molar-refractivity contribution in [1.82, 2.24) is 14.9 Å². The van der Waals surface area contributed by atoms with Crippen LogP contribution in [0.3, 0.4) is 0 Å². The van der Waals surface area contributed by atoms with E-state index in [1.807, 2.05) is 95.3 Å². The van der Waals surface area contributed by atoms with Gasteiger partial charge in [0.1, 0.15) is 16.4 Å². The van der Waals surface area contributed by atoms with Gasteiger partial charge in [-0.15, -0.1) is 11.8 Å². The molecule has 5 rings (SSSR count). The van der Waals surface area contributed by atoms with Crippen LogP contribution in [-0.4, -0.2) is 38.6 Å². The minimum absolute atomic E-state index is 0.0938. The lowest BCUT2D eigenvalue weighted by atomic mass is 10.0. The van der Waals surface area contributed by atoms with Crippen molar-refractivity contribution in [3.05, 3.63) is 126 Å². The highest BCUT2D eigenvalue weighted by atomic mass is 32.2. The average Bonchev–Trinajstić information content (AvgIpc) is 3.50. The predicted molar refractivity (Wildman–Crippen MR) is 161 cm³/mol. The topological polar surface area (TPSA) is 61.4 Å². The van der Waals surface area contributed by atoms with Gasteiger partial charge in [-0.1, -0.05) is 103 Å². The molecule has 3 atom stereocenters. The van der Waals surface area contributed by atoms with Crippen molar-refractivity contribution in [2.75, 3.05) is 18.8 Å². The minimum Gasteiger partial charge on any atom is -0.347 e. The Kier molecular flexibility index (Phi) is 9.61. The summed E-state index contributed by atoms with van der Waals surface area (Å²) in [6, 6.07) is 38.2. The Hall–Kier alpha value is -3.23. The summed E-state index contributed by atoms with van der Waals surface area (Å²) in [5, 5.41) is 6.26. The molecular weight excluding hydrogens is 523 g/mol. The van der Waals surface area contributed by atoms with Crippen LogP contribution in [0.4, 0.5) is 0 Å². The van der Waals surface area contributed by atoms with E-state index in [0.717, 1.165) is 42.0 Å². The van der Waals surface area contributed by atoms with Crippen molar-refractivity contribution in [2.24, 2.45) is 0 Å². The van der Waals surface area contributed by atoms with Crippen molar-refractivity contribution in [1.29, 1.82) is 0 Å². The van der Waals surface area contributed by atoms with Gasteiger partial charge in [-0.25, -0.2) is 4.21 Å². The molecule has 1 saturated heterocycles. The first-order valence-electron chi connectivity index (χ1n) is 13.2. The minimum atomic E-state index is -1.42. The van der Waals surface area contributed by atoms with Gasteiger partial charge in [0.25, 0.3) is 0 Å². The lowest BCUT2D eigenvalue weighted by Gasteiger charge is -2.25. The molecule has 2 N–H and O–H groups in total. The number of benzene rings is 4. The summed E-state index contributed by atoms with van der Waals surface area (Å²) < 4.78 is 15.4. The van der Waals surface area contributed by atoms with Gasteiger partial charge < -0.3 is 10.6 Å². The number of amides is 1. The molecule has 0 spiro atoms. The van der Waals surface area contributed by atoms with E-state index in [0.29, 0.717) is 11.4 Å². The van der Waals surface area contributed by atoms with Crippen LogP contribution in [0.2, 0.25) is 0 Å². The summed E-state index contributed by atoms with van der Waals surface area (Å²) in [5.74, 6) is 0.671. The monoisotopic (exact) mass is 555 g/mol. The smallest absolute Gasteiger partial charge is 0.249 e. The Labute approximate surface area is 237 Å². The van der Waals surface area contributed by atoms with Gasteiger partial charge in [-0.05, 0) is 47.4 Å². The summed E-state index contributed by atoms with van der Waals surface area (Å²) >= 11 is 1.55. The Morgan fingerprint density at radius 2 is 1.46 bits per heavy atom. The fraction of sp³-hybridized carbons (Fsp3) is 0.219. The quantitative estimate of drug-likeness (QED) is 0.230. The molecule has 0 aromatic heterocycles. The molecule has 200 valence electrons. The van der Waals surface area contributed by atoms with Crippen LogP contribution >= 0.6 is 11.8 Å². The fourth-order valence-electron chi connectivity index (χ4n) is 4.69.